The van der Waals surface area contributed by atoms with E-state index >= 15 is 0 Å². The van der Waals surface area contributed by atoms with Crippen LogP contribution >= 0.6 is 47.0 Å². The van der Waals surface area contributed by atoms with Gasteiger partial charge in [0.2, 0.25) is 5.91 Å². The zero-order valence-electron chi connectivity index (χ0n) is 9.47. The van der Waals surface area contributed by atoms with Gasteiger partial charge >= 0.3 is 0 Å². The minimum atomic E-state index is -0.553. The fraction of sp³-hybridized carbons (Fsp3) is 0.273. The van der Waals surface area contributed by atoms with Crippen LogP contribution in [0, 0.1) is 5.92 Å². The van der Waals surface area contributed by atoms with Crippen molar-refractivity contribution in [2.24, 2.45) is 11.7 Å². The Balaban J connectivity index is 2.98. The summed E-state index contributed by atoms with van der Waals surface area (Å²) in [4.78, 5) is 12.1. The zero-order chi connectivity index (χ0) is 13.9. The third-order valence-electron chi connectivity index (χ3n) is 2.32. The molecule has 0 spiro atoms. The lowest BCUT2D eigenvalue weighted by Crippen LogP contribution is -2.32. The summed E-state index contributed by atoms with van der Waals surface area (Å²) in [6.45, 7) is 1.81. The highest BCUT2D eigenvalue weighted by Crippen LogP contribution is 2.34. The van der Waals surface area contributed by atoms with Gasteiger partial charge in [0, 0.05) is 5.02 Å². The molecule has 1 rings (SSSR count). The number of halogens is 3. The van der Waals surface area contributed by atoms with Crippen molar-refractivity contribution in [2.75, 3.05) is 5.32 Å². The highest BCUT2D eigenvalue weighted by Gasteiger charge is 2.21. The third-order valence-corrected chi connectivity index (χ3v) is 3.42. The van der Waals surface area contributed by atoms with Crippen LogP contribution in [0.2, 0.25) is 15.1 Å². The standard InChI is InChI=1S/C11H11Cl3N2OS/c1-2-6(10(15)18)11(17)16-9-7(13)3-5(12)4-8(9)14/h3-4,6H,2H2,1H3,(H2,15,18)(H,16,17). The highest BCUT2D eigenvalue weighted by molar-refractivity contribution is 7.80. The van der Waals surface area contributed by atoms with Gasteiger partial charge in [-0.15, -0.1) is 0 Å². The van der Waals surface area contributed by atoms with Gasteiger partial charge in [-0.3, -0.25) is 4.79 Å². The Hall–Kier alpha value is -0.550. The third kappa shape index (κ3) is 3.72. The second-order valence-corrected chi connectivity index (χ2v) is 5.32. The Labute approximate surface area is 126 Å². The number of carbonyl (C=O) groups is 1. The first kappa shape index (κ1) is 15.5. The summed E-state index contributed by atoms with van der Waals surface area (Å²) >= 11 is 22.5. The number of carbonyl (C=O) groups excluding carboxylic acids is 1. The zero-order valence-corrected chi connectivity index (χ0v) is 12.6. The molecule has 1 atom stereocenters. The molecule has 3 nitrogen and oxygen atoms in total. The summed E-state index contributed by atoms with van der Waals surface area (Å²) in [6.07, 6.45) is 0.504. The molecule has 7 heteroatoms. The van der Waals surface area contributed by atoms with E-state index < -0.39 is 5.92 Å². The number of nitrogens with one attached hydrogen (secondary N) is 1. The van der Waals surface area contributed by atoms with E-state index in [4.69, 9.17) is 52.8 Å². The fourth-order valence-electron chi connectivity index (χ4n) is 1.39. The molecule has 98 valence electrons. The van der Waals surface area contributed by atoms with Crippen LogP contribution < -0.4 is 11.1 Å². The Bertz CT molecular complexity index is 470. The quantitative estimate of drug-likeness (QED) is 0.826. The molecule has 1 aromatic carbocycles. The maximum Gasteiger partial charge on any atom is 0.234 e. The van der Waals surface area contributed by atoms with E-state index in [1.54, 1.807) is 0 Å². The number of benzene rings is 1. The number of rotatable bonds is 4. The minimum absolute atomic E-state index is 0.135. The summed E-state index contributed by atoms with van der Waals surface area (Å²) in [5.74, 6) is -0.890. The van der Waals surface area contributed by atoms with Crippen molar-refractivity contribution in [3.05, 3.63) is 27.2 Å². The number of anilines is 1. The topological polar surface area (TPSA) is 55.1 Å². The average molecular weight is 326 g/mol. The number of nitrogens with two attached hydrogens (primary N) is 1. The molecule has 0 aliphatic rings. The van der Waals surface area contributed by atoms with Crippen molar-refractivity contribution >= 4 is 63.6 Å². The molecule has 0 aliphatic heterocycles. The van der Waals surface area contributed by atoms with Gasteiger partial charge in [0.1, 0.15) is 0 Å². The first-order valence-electron chi connectivity index (χ1n) is 5.11. The van der Waals surface area contributed by atoms with Crippen molar-refractivity contribution in [3.8, 4) is 0 Å². The van der Waals surface area contributed by atoms with E-state index in [0.29, 0.717) is 17.1 Å². The maximum atomic E-state index is 11.9. The molecule has 3 N–H and O–H groups in total. The van der Waals surface area contributed by atoms with Gasteiger partial charge in [0.05, 0.1) is 26.6 Å². The fourth-order valence-corrected chi connectivity index (χ4v) is 2.57. The lowest BCUT2D eigenvalue weighted by molar-refractivity contribution is -0.118. The second-order valence-electron chi connectivity index (χ2n) is 3.60. The van der Waals surface area contributed by atoms with Gasteiger partial charge in [-0.05, 0) is 18.6 Å². The van der Waals surface area contributed by atoms with Crippen LogP contribution in [0.25, 0.3) is 0 Å². The second kappa shape index (κ2) is 6.57. The number of hydrogen-bond acceptors (Lipinski definition) is 2. The highest BCUT2D eigenvalue weighted by atomic mass is 35.5. The summed E-state index contributed by atoms with van der Waals surface area (Å²) in [5, 5.41) is 3.53. The smallest absolute Gasteiger partial charge is 0.234 e. The van der Waals surface area contributed by atoms with Gasteiger partial charge in [-0.1, -0.05) is 53.9 Å². The molecule has 0 saturated carbocycles. The van der Waals surface area contributed by atoms with Gasteiger partial charge in [0.25, 0.3) is 0 Å². The van der Waals surface area contributed by atoms with E-state index in [1.807, 2.05) is 6.92 Å². The Morgan fingerprint density at radius 2 is 1.89 bits per heavy atom. The van der Waals surface area contributed by atoms with E-state index in [9.17, 15) is 4.79 Å². The summed E-state index contributed by atoms with van der Waals surface area (Å²) in [5.41, 5.74) is 5.79. The summed E-state index contributed by atoms with van der Waals surface area (Å²) in [7, 11) is 0. The van der Waals surface area contributed by atoms with Gasteiger partial charge < -0.3 is 11.1 Å². The normalized spacial score (nSPS) is 12.0. The minimum Gasteiger partial charge on any atom is -0.393 e. The number of thiocarbonyl (C=S) groups is 1. The largest absolute Gasteiger partial charge is 0.393 e. The molecular weight excluding hydrogens is 315 g/mol. The van der Waals surface area contributed by atoms with Crippen molar-refractivity contribution in [3.63, 3.8) is 0 Å². The molecule has 1 amide bonds. The first-order valence-corrected chi connectivity index (χ1v) is 6.65. The lowest BCUT2D eigenvalue weighted by atomic mass is 10.1. The van der Waals surface area contributed by atoms with Crippen molar-refractivity contribution < 1.29 is 4.79 Å². The number of amides is 1. The molecule has 18 heavy (non-hydrogen) atoms. The Morgan fingerprint density at radius 1 is 1.39 bits per heavy atom. The van der Waals surface area contributed by atoms with Crippen molar-refractivity contribution in [1.82, 2.24) is 0 Å². The molecule has 0 saturated heterocycles. The molecule has 0 aromatic heterocycles. The Kier molecular flexibility index (Phi) is 5.66. The maximum absolute atomic E-state index is 11.9. The van der Waals surface area contributed by atoms with Crippen LogP contribution in [0.5, 0.6) is 0 Å². The molecule has 0 bridgehead atoms. The van der Waals surface area contributed by atoms with Crippen LogP contribution in [0.15, 0.2) is 12.1 Å². The molecule has 1 aromatic rings. The Morgan fingerprint density at radius 3 is 2.28 bits per heavy atom. The summed E-state index contributed by atoms with van der Waals surface area (Å²) in [6, 6.07) is 2.98. The monoisotopic (exact) mass is 324 g/mol. The predicted molar refractivity (Wildman–Crippen MR) is 80.7 cm³/mol. The summed E-state index contributed by atoms with van der Waals surface area (Å²) < 4.78 is 0. The number of hydrogen-bond donors (Lipinski definition) is 2. The van der Waals surface area contributed by atoms with Gasteiger partial charge in [0.15, 0.2) is 0 Å². The van der Waals surface area contributed by atoms with Crippen LogP contribution in [-0.4, -0.2) is 10.9 Å². The van der Waals surface area contributed by atoms with Crippen LogP contribution in [0.3, 0.4) is 0 Å². The van der Waals surface area contributed by atoms with Crippen molar-refractivity contribution in [2.45, 2.75) is 13.3 Å². The van der Waals surface area contributed by atoms with E-state index in [-0.39, 0.29) is 20.9 Å². The molecule has 0 fully saturated rings. The molecule has 0 aliphatic carbocycles. The van der Waals surface area contributed by atoms with Gasteiger partial charge in [-0.25, -0.2) is 0 Å². The lowest BCUT2D eigenvalue weighted by Gasteiger charge is -2.15. The first-order chi connectivity index (χ1) is 8.36. The van der Waals surface area contributed by atoms with Crippen LogP contribution in [0.4, 0.5) is 5.69 Å². The molecule has 0 radical (unpaired) electrons. The van der Waals surface area contributed by atoms with Crippen molar-refractivity contribution in [1.29, 1.82) is 0 Å². The van der Waals surface area contributed by atoms with E-state index in [2.05, 4.69) is 5.32 Å². The molecular formula is C11H11Cl3N2OS. The van der Waals surface area contributed by atoms with E-state index in [0.717, 1.165) is 0 Å². The van der Waals surface area contributed by atoms with E-state index in [1.165, 1.54) is 12.1 Å². The average Bonchev–Trinajstić information content (AvgIpc) is 2.23. The molecule has 1 unspecified atom stereocenters. The van der Waals surface area contributed by atoms with Crippen LogP contribution in [-0.2, 0) is 4.79 Å². The van der Waals surface area contributed by atoms with Gasteiger partial charge in [-0.2, -0.15) is 0 Å². The SMILES string of the molecule is CCC(C(=O)Nc1c(Cl)cc(Cl)cc1Cl)C(N)=S. The molecule has 0 heterocycles. The van der Waals surface area contributed by atoms with Crippen LogP contribution in [0.1, 0.15) is 13.3 Å². The predicted octanol–water partition coefficient (Wildman–Crippen LogP) is 3.90.